The van der Waals surface area contributed by atoms with Crippen molar-refractivity contribution >= 4 is 17.3 Å². The molecule has 108 valence electrons. The van der Waals surface area contributed by atoms with Crippen LogP contribution in [-0.4, -0.2) is 28.1 Å². The molecule has 0 spiro atoms. The first-order valence-electron chi connectivity index (χ1n) is 6.25. The molecule has 8 heteroatoms. The number of hydrogen-bond donors (Lipinski definition) is 2. The van der Waals surface area contributed by atoms with E-state index in [-0.39, 0.29) is 0 Å². The number of thiazole rings is 1. The van der Waals surface area contributed by atoms with Gasteiger partial charge in [-0.1, -0.05) is 5.16 Å². The molecule has 2 aromatic rings. The molecule has 0 aliphatic rings. The highest BCUT2D eigenvalue weighted by Gasteiger charge is 2.07. The highest BCUT2D eigenvalue weighted by Crippen LogP contribution is 2.16. The van der Waals surface area contributed by atoms with E-state index in [0.717, 1.165) is 10.7 Å². The SMILES string of the molecule is CN=C(NCc1nc(C)no1)NCc1sc(C)nc1C. The number of nitrogens with zero attached hydrogens (tertiary/aromatic N) is 4. The van der Waals surface area contributed by atoms with E-state index in [4.69, 9.17) is 4.52 Å². The Morgan fingerprint density at radius 3 is 2.50 bits per heavy atom. The van der Waals surface area contributed by atoms with Gasteiger partial charge in [-0.2, -0.15) is 4.98 Å². The van der Waals surface area contributed by atoms with E-state index in [1.165, 1.54) is 4.88 Å². The van der Waals surface area contributed by atoms with E-state index >= 15 is 0 Å². The summed E-state index contributed by atoms with van der Waals surface area (Å²) in [6.45, 7) is 6.94. The highest BCUT2D eigenvalue weighted by atomic mass is 32.1. The van der Waals surface area contributed by atoms with Crippen LogP contribution in [0.15, 0.2) is 9.52 Å². The highest BCUT2D eigenvalue weighted by molar-refractivity contribution is 7.11. The monoisotopic (exact) mass is 294 g/mol. The van der Waals surface area contributed by atoms with E-state index in [0.29, 0.717) is 30.8 Å². The summed E-state index contributed by atoms with van der Waals surface area (Å²) in [6.07, 6.45) is 0. The molecule has 0 atom stereocenters. The van der Waals surface area contributed by atoms with Gasteiger partial charge in [-0.25, -0.2) is 4.98 Å². The van der Waals surface area contributed by atoms with Crippen molar-refractivity contribution in [2.45, 2.75) is 33.9 Å². The van der Waals surface area contributed by atoms with Crippen LogP contribution in [0.25, 0.3) is 0 Å². The summed E-state index contributed by atoms with van der Waals surface area (Å²) in [5.74, 6) is 1.85. The fourth-order valence-electron chi connectivity index (χ4n) is 1.69. The molecule has 0 saturated carbocycles. The van der Waals surface area contributed by atoms with Crippen molar-refractivity contribution in [3.8, 4) is 0 Å². The Kier molecular flexibility index (Phi) is 4.67. The molecule has 0 saturated heterocycles. The quantitative estimate of drug-likeness (QED) is 0.653. The van der Waals surface area contributed by atoms with Crippen LogP contribution < -0.4 is 10.6 Å². The predicted molar refractivity (Wildman–Crippen MR) is 77.7 cm³/mol. The Morgan fingerprint density at radius 2 is 1.95 bits per heavy atom. The van der Waals surface area contributed by atoms with Crippen LogP contribution in [-0.2, 0) is 13.1 Å². The van der Waals surface area contributed by atoms with Gasteiger partial charge < -0.3 is 15.2 Å². The van der Waals surface area contributed by atoms with Gasteiger partial charge in [-0.15, -0.1) is 11.3 Å². The van der Waals surface area contributed by atoms with Crippen molar-refractivity contribution < 1.29 is 4.52 Å². The first-order chi connectivity index (χ1) is 9.58. The lowest BCUT2D eigenvalue weighted by Gasteiger charge is -2.09. The van der Waals surface area contributed by atoms with Crippen LogP contribution in [0.2, 0.25) is 0 Å². The molecule has 20 heavy (non-hydrogen) atoms. The average molecular weight is 294 g/mol. The molecule has 2 rings (SSSR count). The van der Waals surface area contributed by atoms with E-state index in [2.05, 4.69) is 30.8 Å². The minimum absolute atomic E-state index is 0.446. The Bertz CT molecular complexity index is 603. The second-order valence-electron chi connectivity index (χ2n) is 4.26. The topological polar surface area (TPSA) is 88.2 Å². The maximum atomic E-state index is 5.03. The number of hydrogen-bond acceptors (Lipinski definition) is 6. The average Bonchev–Trinajstić information content (AvgIpc) is 2.96. The smallest absolute Gasteiger partial charge is 0.246 e. The van der Waals surface area contributed by atoms with Gasteiger partial charge in [0.05, 0.1) is 23.8 Å². The molecule has 7 nitrogen and oxygen atoms in total. The molecule has 0 aromatic carbocycles. The van der Waals surface area contributed by atoms with Crippen LogP contribution in [0.5, 0.6) is 0 Å². The van der Waals surface area contributed by atoms with Crippen LogP contribution in [0.1, 0.15) is 27.3 Å². The first-order valence-corrected chi connectivity index (χ1v) is 7.06. The Balaban J connectivity index is 1.85. The van der Waals surface area contributed by atoms with Crippen LogP contribution in [0, 0.1) is 20.8 Å². The zero-order valence-electron chi connectivity index (χ0n) is 12.0. The third-order valence-corrected chi connectivity index (χ3v) is 3.69. The summed E-state index contributed by atoms with van der Waals surface area (Å²) < 4.78 is 5.03. The van der Waals surface area contributed by atoms with Gasteiger partial charge in [0, 0.05) is 11.9 Å². The van der Waals surface area contributed by atoms with E-state index in [1.807, 2.05) is 13.8 Å². The number of aryl methyl sites for hydroxylation is 3. The summed E-state index contributed by atoms with van der Waals surface area (Å²) >= 11 is 1.69. The van der Waals surface area contributed by atoms with Crippen molar-refractivity contribution in [3.63, 3.8) is 0 Å². The molecule has 0 unspecified atom stereocenters. The summed E-state index contributed by atoms with van der Waals surface area (Å²) in [7, 11) is 1.72. The van der Waals surface area contributed by atoms with E-state index in [9.17, 15) is 0 Å². The molecular weight excluding hydrogens is 276 g/mol. The van der Waals surface area contributed by atoms with Crippen LogP contribution in [0.3, 0.4) is 0 Å². The van der Waals surface area contributed by atoms with Gasteiger partial charge in [0.2, 0.25) is 5.89 Å². The lowest BCUT2D eigenvalue weighted by molar-refractivity contribution is 0.371. The molecule has 0 amide bonds. The van der Waals surface area contributed by atoms with E-state index < -0.39 is 0 Å². The first kappa shape index (κ1) is 14.4. The predicted octanol–water partition coefficient (Wildman–Crippen LogP) is 1.32. The molecule has 0 fully saturated rings. The fraction of sp³-hybridized carbons (Fsp3) is 0.500. The molecule has 2 N–H and O–H groups in total. The second kappa shape index (κ2) is 6.47. The maximum absolute atomic E-state index is 5.03. The van der Waals surface area contributed by atoms with Gasteiger partial charge in [0.25, 0.3) is 0 Å². The second-order valence-corrected chi connectivity index (χ2v) is 5.54. The largest absolute Gasteiger partial charge is 0.351 e. The Morgan fingerprint density at radius 1 is 1.20 bits per heavy atom. The van der Waals surface area contributed by atoms with Gasteiger partial charge >= 0.3 is 0 Å². The normalized spacial score (nSPS) is 11.7. The zero-order chi connectivity index (χ0) is 14.5. The van der Waals surface area contributed by atoms with Crippen molar-refractivity contribution in [1.82, 2.24) is 25.8 Å². The minimum atomic E-state index is 0.446. The van der Waals surface area contributed by atoms with E-state index in [1.54, 1.807) is 25.3 Å². The van der Waals surface area contributed by atoms with Gasteiger partial charge in [0.15, 0.2) is 11.8 Å². The maximum Gasteiger partial charge on any atom is 0.246 e. The number of aliphatic imine (C=N–C) groups is 1. The Labute approximate surface area is 121 Å². The molecule has 0 aliphatic carbocycles. The number of guanidine groups is 1. The van der Waals surface area contributed by atoms with Gasteiger partial charge in [0.1, 0.15) is 0 Å². The zero-order valence-corrected chi connectivity index (χ0v) is 12.8. The van der Waals surface area contributed by atoms with Crippen molar-refractivity contribution in [2.24, 2.45) is 4.99 Å². The summed E-state index contributed by atoms with van der Waals surface area (Å²) in [4.78, 5) is 13.9. The van der Waals surface area contributed by atoms with Gasteiger partial charge in [-0.05, 0) is 20.8 Å². The van der Waals surface area contributed by atoms with Crippen molar-refractivity contribution in [3.05, 3.63) is 27.3 Å². The lowest BCUT2D eigenvalue weighted by Crippen LogP contribution is -2.36. The third kappa shape index (κ3) is 3.77. The summed E-state index contributed by atoms with van der Waals surface area (Å²) in [5.41, 5.74) is 1.06. The molecule has 2 heterocycles. The third-order valence-electron chi connectivity index (χ3n) is 2.62. The minimum Gasteiger partial charge on any atom is -0.351 e. The van der Waals surface area contributed by atoms with Crippen LogP contribution in [0.4, 0.5) is 0 Å². The number of nitrogens with one attached hydrogen (secondary N) is 2. The van der Waals surface area contributed by atoms with Gasteiger partial charge in [-0.3, -0.25) is 4.99 Å². The number of aromatic nitrogens is 3. The number of rotatable bonds is 4. The van der Waals surface area contributed by atoms with Crippen LogP contribution >= 0.6 is 11.3 Å². The summed E-state index contributed by atoms with van der Waals surface area (Å²) in [6, 6.07) is 0. The summed E-state index contributed by atoms with van der Waals surface area (Å²) in [5, 5.41) is 11.2. The lowest BCUT2D eigenvalue weighted by atomic mass is 10.4. The molecule has 2 aromatic heterocycles. The molecule has 0 radical (unpaired) electrons. The fourth-order valence-corrected chi connectivity index (χ4v) is 2.57. The molecular formula is C12H18N6OS. The molecule has 0 aliphatic heterocycles. The Hall–Kier alpha value is -1.96. The standard InChI is InChI=1S/C12H18N6OS/c1-7-10(20-9(3)16-7)5-14-12(13-4)15-6-11-17-8(2)18-19-11/h5-6H2,1-4H3,(H2,13,14,15). The van der Waals surface area contributed by atoms with Crippen molar-refractivity contribution in [1.29, 1.82) is 0 Å². The van der Waals surface area contributed by atoms with Crippen molar-refractivity contribution in [2.75, 3.05) is 7.05 Å². The molecule has 0 bridgehead atoms.